The number of benzene rings is 2. The highest BCUT2D eigenvalue weighted by Crippen LogP contribution is 2.36. The van der Waals surface area contributed by atoms with Gasteiger partial charge in [-0.25, -0.2) is 17.9 Å². The van der Waals surface area contributed by atoms with Crippen molar-refractivity contribution in [1.82, 2.24) is 10.0 Å². The Kier molecular flexibility index (Phi) is 7.61. The van der Waals surface area contributed by atoms with Crippen LogP contribution in [0.3, 0.4) is 0 Å². The van der Waals surface area contributed by atoms with E-state index in [-0.39, 0.29) is 18.0 Å². The average Bonchev–Trinajstić information content (AvgIpc) is 2.63. The van der Waals surface area contributed by atoms with Crippen LogP contribution in [0.1, 0.15) is 26.3 Å². The van der Waals surface area contributed by atoms with Gasteiger partial charge in [0, 0.05) is 13.1 Å². The van der Waals surface area contributed by atoms with Crippen molar-refractivity contribution >= 4 is 27.7 Å². The first-order valence-corrected chi connectivity index (χ1v) is 11.0. The fourth-order valence-corrected chi connectivity index (χ4v) is 3.82. The van der Waals surface area contributed by atoms with Crippen LogP contribution in [0.5, 0.6) is 0 Å². The number of carbonyl (C=O) groups is 1. The van der Waals surface area contributed by atoms with Gasteiger partial charge in [-0.15, -0.1) is 0 Å². The molecule has 0 aliphatic carbocycles. The van der Waals surface area contributed by atoms with Gasteiger partial charge in [-0.1, -0.05) is 29.8 Å². The number of ether oxygens (including phenoxy) is 1. The molecule has 0 aliphatic heterocycles. The molecule has 31 heavy (non-hydrogen) atoms. The van der Waals surface area contributed by atoms with E-state index in [1.807, 2.05) is 0 Å². The Morgan fingerprint density at radius 2 is 1.58 bits per heavy atom. The van der Waals surface area contributed by atoms with Crippen molar-refractivity contribution < 1.29 is 31.1 Å². The number of alkyl carbamates (subject to hydrolysis) is 1. The van der Waals surface area contributed by atoms with Crippen molar-refractivity contribution in [2.45, 2.75) is 37.4 Å². The van der Waals surface area contributed by atoms with Crippen LogP contribution < -0.4 is 10.0 Å². The Balaban J connectivity index is 2.01. The summed E-state index contributed by atoms with van der Waals surface area (Å²) < 4.78 is 70.6. The Hall–Kier alpha value is -2.30. The molecule has 6 nitrogen and oxygen atoms in total. The number of halogens is 4. The minimum absolute atomic E-state index is 0.0241. The zero-order valence-electron chi connectivity index (χ0n) is 17.0. The first-order chi connectivity index (χ1) is 14.2. The summed E-state index contributed by atoms with van der Waals surface area (Å²) in [5.74, 6) is 0. The van der Waals surface area contributed by atoms with Crippen LogP contribution in [-0.4, -0.2) is 33.2 Å². The third-order valence-corrected chi connectivity index (χ3v) is 5.65. The fraction of sp³-hybridized carbons (Fsp3) is 0.350. The SMILES string of the molecule is CC(C)(C)OC(=O)NCCNS(=O)(=O)c1ccc(-c2ccc(C(F)(F)F)c(Cl)c2)cc1. The zero-order chi connectivity index (χ0) is 23.4. The van der Waals surface area contributed by atoms with E-state index in [4.69, 9.17) is 16.3 Å². The molecular formula is C20H22ClF3N2O4S. The highest BCUT2D eigenvalue weighted by atomic mass is 35.5. The Labute approximate surface area is 183 Å². The zero-order valence-corrected chi connectivity index (χ0v) is 18.6. The van der Waals surface area contributed by atoms with E-state index in [0.29, 0.717) is 11.1 Å². The Morgan fingerprint density at radius 3 is 2.10 bits per heavy atom. The molecule has 2 N–H and O–H groups in total. The molecule has 0 unspecified atom stereocenters. The van der Waals surface area contributed by atoms with E-state index in [1.165, 1.54) is 36.4 Å². The summed E-state index contributed by atoms with van der Waals surface area (Å²) in [6.07, 6.45) is -5.22. The number of sulfonamides is 1. The van der Waals surface area contributed by atoms with E-state index in [0.717, 1.165) is 6.07 Å². The molecule has 1 amide bonds. The van der Waals surface area contributed by atoms with Crippen LogP contribution in [0, 0.1) is 0 Å². The lowest BCUT2D eigenvalue weighted by Gasteiger charge is -2.19. The van der Waals surface area contributed by atoms with Gasteiger partial charge in [0.1, 0.15) is 5.60 Å². The number of nitrogens with one attached hydrogen (secondary N) is 2. The van der Waals surface area contributed by atoms with Crippen molar-refractivity contribution in [3.8, 4) is 11.1 Å². The van der Waals surface area contributed by atoms with Crippen molar-refractivity contribution in [3.63, 3.8) is 0 Å². The third-order valence-electron chi connectivity index (χ3n) is 3.86. The quantitative estimate of drug-likeness (QED) is 0.582. The number of rotatable bonds is 6. The van der Waals surface area contributed by atoms with Gasteiger partial charge in [0.05, 0.1) is 15.5 Å². The molecule has 0 saturated heterocycles. The summed E-state index contributed by atoms with van der Waals surface area (Å²) >= 11 is 5.73. The smallest absolute Gasteiger partial charge is 0.417 e. The maximum absolute atomic E-state index is 12.8. The minimum Gasteiger partial charge on any atom is -0.444 e. The molecule has 11 heteroatoms. The standard InChI is InChI=1S/C20H22ClF3N2O4S/c1-19(2,3)30-18(27)25-10-11-26-31(28,29)15-7-4-13(5-8-15)14-6-9-16(17(21)12-14)20(22,23)24/h4-9,12,26H,10-11H2,1-3H3,(H,25,27). The second kappa shape index (κ2) is 9.46. The topological polar surface area (TPSA) is 84.5 Å². The second-order valence-corrected chi connectivity index (χ2v) is 9.72. The highest BCUT2D eigenvalue weighted by Gasteiger charge is 2.33. The van der Waals surface area contributed by atoms with Crippen LogP contribution in [-0.2, 0) is 20.9 Å². The normalized spacial score (nSPS) is 12.5. The van der Waals surface area contributed by atoms with E-state index in [2.05, 4.69) is 10.0 Å². The molecule has 2 aromatic carbocycles. The minimum atomic E-state index is -4.56. The molecule has 170 valence electrons. The van der Waals surface area contributed by atoms with Gasteiger partial charge in [-0.2, -0.15) is 13.2 Å². The Morgan fingerprint density at radius 1 is 1.00 bits per heavy atom. The molecule has 0 saturated carbocycles. The molecule has 2 aromatic rings. The fourth-order valence-electron chi connectivity index (χ4n) is 2.50. The maximum atomic E-state index is 12.8. The van der Waals surface area contributed by atoms with Crippen LogP contribution in [0.15, 0.2) is 47.4 Å². The van der Waals surface area contributed by atoms with Crippen LogP contribution in [0.2, 0.25) is 5.02 Å². The van der Waals surface area contributed by atoms with Gasteiger partial charge >= 0.3 is 12.3 Å². The monoisotopic (exact) mass is 478 g/mol. The highest BCUT2D eigenvalue weighted by molar-refractivity contribution is 7.89. The van der Waals surface area contributed by atoms with Crippen molar-refractivity contribution in [1.29, 1.82) is 0 Å². The summed E-state index contributed by atoms with van der Waals surface area (Å²) in [5, 5.41) is 1.99. The van der Waals surface area contributed by atoms with E-state index < -0.39 is 38.5 Å². The van der Waals surface area contributed by atoms with Gasteiger partial charge in [0.15, 0.2) is 0 Å². The van der Waals surface area contributed by atoms with Crippen molar-refractivity contribution in [2.75, 3.05) is 13.1 Å². The van der Waals surface area contributed by atoms with E-state index in [1.54, 1.807) is 20.8 Å². The first kappa shape index (κ1) is 25.0. The average molecular weight is 479 g/mol. The largest absolute Gasteiger partial charge is 0.444 e. The van der Waals surface area contributed by atoms with Crippen molar-refractivity contribution in [2.24, 2.45) is 0 Å². The molecule has 0 atom stereocenters. The lowest BCUT2D eigenvalue weighted by atomic mass is 10.0. The molecule has 0 aliphatic rings. The molecule has 0 heterocycles. The first-order valence-electron chi connectivity index (χ1n) is 9.13. The van der Waals surface area contributed by atoms with E-state index >= 15 is 0 Å². The number of carbonyl (C=O) groups excluding carboxylic acids is 1. The van der Waals surface area contributed by atoms with E-state index in [9.17, 15) is 26.4 Å². The molecule has 0 aromatic heterocycles. The molecule has 0 radical (unpaired) electrons. The number of amides is 1. The molecular weight excluding hydrogens is 457 g/mol. The predicted octanol–water partition coefficient (Wildman–Crippen LogP) is 4.83. The summed E-state index contributed by atoms with van der Waals surface area (Å²) in [6, 6.07) is 8.89. The lowest BCUT2D eigenvalue weighted by molar-refractivity contribution is -0.137. The van der Waals surface area contributed by atoms with Gasteiger partial charge in [-0.3, -0.25) is 0 Å². The predicted molar refractivity (Wildman–Crippen MR) is 111 cm³/mol. The second-order valence-electron chi connectivity index (χ2n) is 7.54. The molecule has 0 bridgehead atoms. The molecule has 0 fully saturated rings. The third kappa shape index (κ3) is 7.41. The lowest BCUT2D eigenvalue weighted by Crippen LogP contribution is -2.37. The molecule has 0 spiro atoms. The van der Waals surface area contributed by atoms with Gasteiger partial charge in [0.2, 0.25) is 10.0 Å². The van der Waals surface area contributed by atoms with Crippen LogP contribution >= 0.6 is 11.6 Å². The summed E-state index contributed by atoms with van der Waals surface area (Å²) in [7, 11) is -3.84. The summed E-state index contributed by atoms with van der Waals surface area (Å²) in [6.45, 7) is 5.08. The summed E-state index contributed by atoms with van der Waals surface area (Å²) in [4.78, 5) is 11.5. The number of alkyl halides is 3. The van der Waals surface area contributed by atoms with Gasteiger partial charge in [0.25, 0.3) is 0 Å². The number of hydrogen-bond acceptors (Lipinski definition) is 4. The number of hydrogen-bond donors (Lipinski definition) is 2. The van der Waals surface area contributed by atoms with Crippen molar-refractivity contribution in [3.05, 3.63) is 53.1 Å². The van der Waals surface area contributed by atoms with Gasteiger partial charge < -0.3 is 10.1 Å². The molecule has 2 rings (SSSR count). The van der Waals surface area contributed by atoms with Crippen LogP contribution in [0.4, 0.5) is 18.0 Å². The Bertz CT molecular complexity index is 1030. The summed E-state index contributed by atoms with van der Waals surface area (Å²) in [5.41, 5.74) is -0.693. The van der Waals surface area contributed by atoms with Gasteiger partial charge in [-0.05, 0) is 56.2 Å². The van der Waals surface area contributed by atoms with Crippen LogP contribution in [0.25, 0.3) is 11.1 Å². The maximum Gasteiger partial charge on any atom is 0.417 e.